The first-order valence-electron chi connectivity index (χ1n) is 10.5. The van der Waals surface area contributed by atoms with E-state index >= 15 is 0 Å². The molecule has 0 fully saturated rings. The van der Waals surface area contributed by atoms with Crippen LogP contribution in [0.5, 0.6) is 0 Å². The van der Waals surface area contributed by atoms with Crippen molar-refractivity contribution in [1.29, 1.82) is 0 Å². The zero-order chi connectivity index (χ0) is 18.8. The van der Waals surface area contributed by atoms with Crippen LogP contribution in [0.3, 0.4) is 0 Å². The highest BCUT2D eigenvalue weighted by molar-refractivity contribution is 5.86. The van der Waals surface area contributed by atoms with Gasteiger partial charge in [0.25, 0.3) is 5.82 Å². The summed E-state index contributed by atoms with van der Waals surface area (Å²) >= 11 is 0. The molecule has 1 aliphatic heterocycles. The summed E-state index contributed by atoms with van der Waals surface area (Å²) in [7, 11) is 2.24. The second-order valence-electron chi connectivity index (χ2n) is 8.38. The van der Waals surface area contributed by atoms with Crippen LogP contribution in [-0.2, 0) is 26.4 Å². The second kappa shape index (κ2) is 5.81. The maximum atomic E-state index is 2.58. The van der Waals surface area contributed by atoms with E-state index in [0.717, 1.165) is 13.0 Å². The topological polar surface area (TPSA) is 8.81 Å². The summed E-state index contributed by atoms with van der Waals surface area (Å²) in [4.78, 5) is 0. The number of benzene rings is 3. The highest BCUT2D eigenvalue weighted by Crippen LogP contribution is 2.44. The highest BCUT2D eigenvalue weighted by Gasteiger charge is 2.32. The lowest BCUT2D eigenvalue weighted by Gasteiger charge is -2.12. The molecule has 0 amide bonds. The van der Waals surface area contributed by atoms with Crippen LogP contribution in [0.1, 0.15) is 35.1 Å². The fourth-order valence-electron chi connectivity index (χ4n) is 5.52. The Balaban J connectivity index is 1.75. The van der Waals surface area contributed by atoms with Gasteiger partial charge in [0, 0.05) is 0 Å². The van der Waals surface area contributed by atoms with Gasteiger partial charge in [-0.15, -0.1) is 0 Å². The molecule has 0 saturated carbocycles. The molecule has 0 spiro atoms. The van der Waals surface area contributed by atoms with Gasteiger partial charge in [0.1, 0.15) is 0 Å². The van der Waals surface area contributed by atoms with Crippen molar-refractivity contribution >= 4 is 11.0 Å². The average Bonchev–Trinajstić information content (AvgIpc) is 3.21. The maximum Gasteiger partial charge on any atom is 0.290 e. The molecule has 4 aromatic rings. The molecule has 3 aromatic carbocycles. The van der Waals surface area contributed by atoms with E-state index in [9.17, 15) is 0 Å². The van der Waals surface area contributed by atoms with Crippen LogP contribution in [-0.4, -0.2) is 4.57 Å². The number of nitrogens with zero attached hydrogens (tertiary/aromatic N) is 2. The molecule has 0 saturated heterocycles. The summed E-state index contributed by atoms with van der Waals surface area (Å²) in [5.41, 5.74) is 13.0. The highest BCUT2D eigenvalue weighted by atomic mass is 15.2. The van der Waals surface area contributed by atoms with Crippen LogP contribution in [0.25, 0.3) is 33.5 Å². The van der Waals surface area contributed by atoms with E-state index in [4.69, 9.17) is 0 Å². The van der Waals surface area contributed by atoms with Crippen molar-refractivity contribution in [2.75, 3.05) is 0 Å². The zero-order valence-corrected chi connectivity index (χ0v) is 16.6. The van der Waals surface area contributed by atoms with Crippen molar-refractivity contribution in [3.8, 4) is 22.5 Å². The Labute approximate surface area is 166 Å². The summed E-state index contributed by atoms with van der Waals surface area (Å²) < 4.78 is 4.99. The minimum absolute atomic E-state index is 1.07. The molecule has 2 heteroatoms. The fraction of sp³-hybridized carbons (Fsp3) is 0.269. The molecule has 0 atom stereocenters. The van der Waals surface area contributed by atoms with Gasteiger partial charge >= 0.3 is 0 Å². The van der Waals surface area contributed by atoms with Gasteiger partial charge in [-0.25, -0.2) is 9.13 Å². The Morgan fingerprint density at radius 2 is 1.71 bits per heavy atom. The van der Waals surface area contributed by atoms with Crippen molar-refractivity contribution in [2.45, 2.75) is 39.2 Å². The normalized spacial score (nSPS) is 14.8. The molecule has 1 aromatic heterocycles. The Morgan fingerprint density at radius 3 is 2.64 bits per heavy atom. The molecule has 1 aliphatic carbocycles. The van der Waals surface area contributed by atoms with Crippen LogP contribution in [0.4, 0.5) is 0 Å². The quantitative estimate of drug-likeness (QED) is 0.327. The molecule has 2 aliphatic rings. The van der Waals surface area contributed by atoms with Gasteiger partial charge in [-0.3, -0.25) is 0 Å². The number of rotatable bonds is 0. The molecule has 28 heavy (non-hydrogen) atoms. The number of hydrogen-bond acceptors (Lipinski definition) is 0. The van der Waals surface area contributed by atoms with E-state index in [0.29, 0.717) is 0 Å². The first kappa shape index (κ1) is 16.1. The van der Waals surface area contributed by atoms with Gasteiger partial charge in [0.2, 0.25) is 0 Å². The van der Waals surface area contributed by atoms with Crippen LogP contribution < -0.4 is 4.57 Å². The number of aryl methyl sites for hydroxylation is 4. The Hall–Kier alpha value is -2.87. The zero-order valence-electron chi connectivity index (χ0n) is 16.6. The van der Waals surface area contributed by atoms with E-state index < -0.39 is 0 Å². The predicted molar refractivity (Wildman–Crippen MR) is 114 cm³/mol. The van der Waals surface area contributed by atoms with Crippen molar-refractivity contribution in [3.05, 3.63) is 76.9 Å². The largest absolute Gasteiger partial charge is 0.290 e. The Bertz CT molecular complexity index is 1260. The Kier molecular flexibility index (Phi) is 3.35. The van der Waals surface area contributed by atoms with Crippen molar-refractivity contribution in [3.63, 3.8) is 0 Å². The van der Waals surface area contributed by atoms with E-state index in [1.807, 2.05) is 0 Å². The lowest BCUT2D eigenvalue weighted by Crippen LogP contribution is -2.31. The molecule has 2 nitrogen and oxygen atoms in total. The standard InChI is InChI=1S/C26H25N2/c1-17-13-14-20-19-10-7-9-18-8-5-6-15-28-24-12-4-3-11-23(24)27(2)26(28)25(17)22(20)16-21(18)19/h3-4,7,9-14H,5-6,8,15-16H2,1-2H3/q+1. The molecular formula is C26H25N2+. The summed E-state index contributed by atoms with van der Waals surface area (Å²) in [6.45, 7) is 3.36. The van der Waals surface area contributed by atoms with Crippen molar-refractivity contribution in [1.82, 2.24) is 4.57 Å². The summed E-state index contributed by atoms with van der Waals surface area (Å²) in [5, 5.41) is 0. The Morgan fingerprint density at radius 1 is 0.857 bits per heavy atom. The number of fused-ring (bicyclic) bond motifs is 5. The molecule has 138 valence electrons. The van der Waals surface area contributed by atoms with E-state index in [1.165, 1.54) is 63.9 Å². The fourth-order valence-corrected chi connectivity index (χ4v) is 5.52. The average molecular weight is 366 g/mol. The molecule has 0 unspecified atom stereocenters. The van der Waals surface area contributed by atoms with Crippen molar-refractivity contribution in [2.24, 2.45) is 7.05 Å². The summed E-state index contributed by atoms with van der Waals surface area (Å²) in [6.07, 6.45) is 4.71. The van der Waals surface area contributed by atoms with Gasteiger partial charge in [-0.2, -0.15) is 0 Å². The number of hydrogen-bond donors (Lipinski definition) is 0. The first-order valence-corrected chi connectivity index (χ1v) is 10.5. The van der Waals surface area contributed by atoms with Crippen LogP contribution in [0, 0.1) is 6.92 Å². The minimum Gasteiger partial charge on any atom is -0.226 e. The van der Waals surface area contributed by atoms with Crippen LogP contribution >= 0.6 is 0 Å². The third-order valence-electron chi connectivity index (χ3n) is 6.85. The lowest BCUT2D eigenvalue weighted by atomic mass is 9.96. The first-order chi connectivity index (χ1) is 13.7. The number of para-hydroxylation sites is 2. The summed E-state index contributed by atoms with van der Waals surface area (Å²) in [5.74, 6) is 1.37. The third kappa shape index (κ3) is 2.06. The van der Waals surface area contributed by atoms with Gasteiger partial charge < -0.3 is 0 Å². The molecular weight excluding hydrogens is 340 g/mol. The van der Waals surface area contributed by atoms with Gasteiger partial charge in [-0.05, 0) is 78.1 Å². The van der Waals surface area contributed by atoms with Crippen LogP contribution in [0.15, 0.2) is 54.6 Å². The van der Waals surface area contributed by atoms with Gasteiger partial charge in [0.15, 0.2) is 11.0 Å². The monoisotopic (exact) mass is 365 g/mol. The molecule has 2 bridgehead atoms. The van der Waals surface area contributed by atoms with E-state index in [1.54, 1.807) is 11.1 Å². The SMILES string of the molecule is Cc1ccc2c3c1-c1n(c4ccccc4[n+]1C)CCCCc1cccc-2c1C3. The van der Waals surface area contributed by atoms with Gasteiger partial charge in [0.05, 0.1) is 19.2 Å². The second-order valence-corrected chi connectivity index (χ2v) is 8.38. The lowest BCUT2D eigenvalue weighted by molar-refractivity contribution is -0.634. The molecule has 2 heterocycles. The van der Waals surface area contributed by atoms with Crippen molar-refractivity contribution < 1.29 is 4.57 Å². The number of aromatic nitrogens is 2. The van der Waals surface area contributed by atoms with E-state index in [-0.39, 0.29) is 0 Å². The summed E-state index contributed by atoms with van der Waals surface area (Å²) in [6, 6.07) is 20.5. The minimum atomic E-state index is 1.07. The maximum absolute atomic E-state index is 2.58. The van der Waals surface area contributed by atoms with Gasteiger partial charge in [-0.1, -0.05) is 42.5 Å². The van der Waals surface area contributed by atoms with Crippen LogP contribution in [0.2, 0.25) is 0 Å². The third-order valence-corrected chi connectivity index (χ3v) is 6.85. The van der Waals surface area contributed by atoms with E-state index in [2.05, 4.69) is 77.7 Å². The number of imidazole rings is 1. The predicted octanol–water partition coefficient (Wildman–Crippen LogP) is 5.35. The molecule has 6 rings (SSSR count). The smallest absolute Gasteiger partial charge is 0.226 e. The molecule has 0 N–H and O–H groups in total. The molecule has 0 radical (unpaired) electrons.